The number of benzene rings is 1. The Labute approximate surface area is 151 Å². The van der Waals surface area contributed by atoms with Crippen molar-refractivity contribution in [3.63, 3.8) is 0 Å². The second-order valence-corrected chi connectivity index (χ2v) is 6.72. The molecule has 25 heavy (non-hydrogen) atoms. The maximum absolute atomic E-state index is 12.1. The Morgan fingerprint density at radius 1 is 1.16 bits per heavy atom. The SMILES string of the molecule is CC(=O)c1ccc(NC(=O)[C@@H](C)OC(=O)CCCc2cccs2)cc1. The average Bonchev–Trinajstić information content (AvgIpc) is 3.08. The number of carbonyl (C=O) groups excluding carboxylic acids is 3. The van der Waals surface area contributed by atoms with Crippen molar-refractivity contribution < 1.29 is 19.1 Å². The van der Waals surface area contributed by atoms with Gasteiger partial charge in [-0.1, -0.05) is 6.07 Å². The van der Waals surface area contributed by atoms with Crippen molar-refractivity contribution >= 4 is 34.7 Å². The van der Waals surface area contributed by atoms with E-state index < -0.39 is 12.0 Å². The lowest BCUT2D eigenvalue weighted by molar-refractivity contribution is -0.153. The quantitative estimate of drug-likeness (QED) is 0.574. The lowest BCUT2D eigenvalue weighted by Gasteiger charge is -2.13. The fourth-order valence-electron chi connectivity index (χ4n) is 2.20. The minimum absolute atomic E-state index is 0.0391. The topological polar surface area (TPSA) is 72.5 Å². The van der Waals surface area contributed by atoms with E-state index in [0.717, 1.165) is 6.42 Å². The van der Waals surface area contributed by atoms with Gasteiger partial charge in [0.05, 0.1) is 0 Å². The van der Waals surface area contributed by atoms with E-state index in [-0.39, 0.29) is 18.2 Å². The van der Waals surface area contributed by atoms with E-state index in [0.29, 0.717) is 17.7 Å². The van der Waals surface area contributed by atoms with Gasteiger partial charge in [-0.05, 0) is 62.4 Å². The second-order valence-electron chi connectivity index (χ2n) is 5.69. The smallest absolute Gasteiger partial charge is 0.306 e. The van der Waals surface area contributed by atoms with Crippen LogP contribution in [0.1, 0.15) is 41.9 Å². The van der Waals surface area contributed by atoms with Crippen LogP contribution in [0, 0.1) is 0 Å². The Bertz CT molecular complexity index is 722. The zero-order valence-corrected chi connectivity index (χ0v) is 15.1. The first kappa shape index (κ1) is 18.9. The summed E-state index contributed by atoms with van der Waals surface area (Å²) in [6, 6.07) is 10.6. The van der Waals surface area contributed by atoms with E-state index in [1.165, 1.54) is 18.7 Å². The van der Waals surface area contributed by atoms with Crippen LogP contribution < -0.4 is 5.32 Å². The zero-order chi connectivity index (χ0) is 18.2. The molecule has 1 aromatic carbocycles. The highest BCUT2D eigenvalue weighted by molar-refractivity contribution is 7.09. The van der Waals surface area contributed by atoms with Crippen LogP contribution in [0.5, 0.6) is 0 Å². The van der Waals surface area contributed by atoms with Crippen molar-refractivity contribution in [1.29, 1.82) is 0 Å². The molecule has 0 saturated heterocycles. The Kier molecular flexibility index (Phi) is 6.89. The van der Waals surface area contributed by atoms with Gasteiger partial charge in [0.1, 0.15) is 0 Å². The number of amides is 1. The van der Waals surface area contributed by atoms with Crippen molar-refractivity contribution in [3.8, 4) is 0 Å². The fraction of sp³-hybridized carbons (Fsp3) is 0.316. The van der Waals surface area contributed by atoms with Gasteiger partial charge >= 0.3 is 5.97 Å². The molecule has 0 radical (unpaired) electrons. The molecule has 132 valence electrons. The molecular formula is C19H21NO4S. The third kappa shape index (κ3) is 6.15. The number of thiophene rings is 1. The second kappa shape index (κ2) is 9.13. The van der Waals surface area contributed by atoms with Crippen molar-refractivity contribution in [3.05, 3.63) is 52.2 Å². The van der Waals surface area contributed by atoms with Crippen LogP contribution in [0.15, 0.2) is 41.8 Å². The maximum Gasteiger partial charge on any atom is 0.306 e. The number of esters is 1. The van der Waals surface area contributed by atoms with Gasteiger partial charge in [0.2, 0.25) is 0 Å². The lowest BCUT2D eigenvalue weighted by Crippen LogP contribution is -2.29. The van der Waals surface area contributed by atoms with Gasteiger partial charge in [0.25, 0.3) is 5.91 Å². The number of hydrogen-bond acceptors (Lipinski definition) is 5. The normalized spacial score (nSPS) is 11.6. The number of ketones is 1. The Morgan fingerprint density at radius 2 is 1.88 bits per heavy atom. The number of ether oxygens (including phenoxy) is 1. The van der Waals surface area contributed by atoms with Crippen LogP contribution in [0.3, 0.4) is 0 Å². The van der Waals surface area contributed by atoms with Crippen LogP contribution in [0.4, 0.5) is 5.69 Å². The number of Topliss-reactive ketones (excluding diaryl/α,β-unsaturated/α-hetero) is 1. The Balaban J connectivity index is 1.75. The summed E-state index contributed by atoms with van der Waals surface area (Å²) in [4.78, 5) is 36.4. The van der Waals surface area contributed by atoms with E-state index in [1.54, 1.807) is 35.6 Å². The van der Waals surface area contributed by atoms with Gasteiger partial charge in [0, 0.05) is 22.5 Å². The van der Waals surface area contributed by atoms with Crippen LogP contribution in [-0.2, 0) is 20.7 Å². The number of nitrogens with one attached hydrogen (secondary N) is 1. The molecule has 2 rings (SSSR count). The van der Waals surface area contributed by atoms with Crippen molar-refractivity contribution in [2.24, 2.45) is 0 Å². The molecule has 0 saturated carbocycles. The molecule has 1 N–H and O–H groups in total. The van der Waals surface area contributed by atoms with Gasteiger partial charge in [0.15, 0.2) is 11.9 Å². The van der Waals surface area contributed by atoms with Crippen LogP contribution >= 0.6 is 11.3 Å². The fourth-order valence-corrected chi connectivity index (χ4v) is 2.95. The first-order chi connectivity index (χ1) is 12.0. The third-order valence-corrected chi connectivity index (χ3v) is 4.56. The third-order valence-electron chi connectivity index (χ3n) is 3.62. The van der Waals surface area contributed by atoms with Gasteiger partial charge in [-0.15, -0.1) is 11.3 Å². The summed E-state index contributed by atoms with van der Waals surface area (Å²) < 4.78 is 5.16. The van der Waals surface area contributed by atoms with E-state index in [9.17, 15) is 14.4 Å². The van der Waals surface area contributed by atoms with Crippen molar-refractivity contribution in [1.82, 2.24) is 0 Å². The largest absolute Gasteiger partial charge is 0.453 e. The number of aryl methyl sites for hydroxylation is 1. The maximum atomic E-state index is 12.1. The van der Waals surface area contributed by atoms with Gasteiger partial charge in [-0.25, -0.2) is 0 Å². The molecule has 0 aliphatic carbocycles. The van der Waals surface area contributed by atoms with E-state index >= 15 is 0 Å². The van der Waals surface area contributed by atoms with Gasteiger partial charge < -0.3 is 10.1 Å². The van der Waals surface area contributed by atoms with E-state index in [4.69, 9.17) is 4.74 Å². The van der Waals surface area contributed by atoms with Crippen LogP contribution in [0.25, 0.3) is 0 Å². The molecule has 1 aromatic heterocycles. The number of rotatable bonds is 8. The van der Waals surface area contributed by atoms with Crippen molar-refractivity contribution in [2.45, 2.75) is 39.2 Å². The predicted molar refractivity (Wildman–Crippen MR) is 97.9 cm³/mol. The monoisotopic (exact) mass is 359 g/mol. The summed E-state index contributed by atoms with van der Waals surface area (Å²) in [5.74, 6) is -0.823. The minimum Gasteiger partial charge on any atom is -0.453 e. The first-order valence-corrected chi connectivity index (χ1v) is 8.97. The molecule has 0 bridgehead atoms. The molecule has 0 aliphatic rings. The molecule has 0 unspecified atom stereocenters. The average molecular weight is 359 g/mol. The van der Waals surface area contributed by atoms with E-state index in [1.807, 2.05) is 17.5 Å². The summed E-state index contributed by atoms with van der Waals surface area (Å²) in [6.45, 7) is 3.02. The van der Waals surface area contributed by atoms with E-state index in [2.05, 4.69) is 5.32 Å². The standard InChI is InChI=1S/C19H21NO4S/c1-13(21)15-8-10-16(11-9-15)20-19(23)14(2)24-18(22)7-3-5-17-6-4-12-25-17/h4,6,8-12,14H,3,5,7H2,1-2H3,(H,20,23)/t14-/m1/s1. The summed E-state index contributed by atoms with van der Waals surface area (Å²) in [5.41, 5.74) is 1.12. The molecule has 5 nitrogen and oxygen atoms in total. The van der Waals surface area contributed by atoms with Crippen LogP contribution in [0.2, 0.25) is 0 Å². The number of carbonyl (C=O) groups is 3. The highest BCUT2D eigenvalue weighted by Gasteiger charge is 2.17. The molecule has 0 fully saturated rings. The minimum atomic E-state index is -0.873. The van der Waals surface area contributed by atoms with Crippen LogP contribution in [-0.4, -0.2) is 23.8 Å². The summed E-state index contributed by atoms with van der Waals surface area (Å²) in [6.07, 6.45) is 0.931. The van der Waals surface area contributed by atoms with Gasteiger partial charge in [-0.2, -0.15) is 0 Å². The molecule has 0 spiro atoms. The molecule has 0 aliphatic heterocycles. The van der Waals surface area contributed by atoms with Gasteiger partial charge in [-0.3, -0.25) is 14.4 Å². The highest BCUT2D eigenvalue weighted by Crippen LogP contribution is 2.13. The number of anilines is 1. The van der Waals surface area contributed by atoms with Crippen molar-refractivity contribution in [2.75, 3.05) is 5.32 Å². The molecule has 1 heterocycles. The molecule has 1 atom stereocenters. The zero-order valence-electron chi connectivity index (χ0n) is 14.3. The highest BCUT2D eigenvalue weighted by atomic mass is 32.1. The summed E-state index contributed by atoms with van der Waals surface area (Å²) >= 11 is 1.66. The summed E-state index contributed by atoms with van der Waals surface area (Å²) in [7, 11) is 0. The number of hydrogen-bond donors (Lipinski definition) is 1. The summed E-state index contributed by atoms with van der Waals surface area (Å²) in [5, 5.41) is 4.67. The Morgan fingerprint density at radius 3 is 2.48 bits per heavy atom. The molecular weight excluding hydrogens is 338 g/mol. The first-order valence-electron chi connectivity index (χ1n) is 8.09. The molecule has 1 amide bonds. The Hall–Kier alpha value is -2.47. The predicted octanol–water partition coefficient (Wildman–Crippen LogP) is 3.84. The molecule has 6 heteroatoms. The lowest BCUT2D eigenvalue weighted by atomic mass is 10.1. The molecule has 2 aromatic rings.